The van der Waals surface area contributed by atoms with Crippen LogP contribution >= 0.6 is 31.9 Å². The SMILES string of the molecule is COc1ccc(CNc2cccnc2Br)cc1Br. The fraction of sp³-hybridized carbons (Fsp3) is 0.154. The van der Waals surface area contributed by atoms with Gasteiger partial charge in [-0.1, -0.05) is 6.07 Å². The van der Waals surface area contributed by atoms with E-state index in [1.807, 2.05) is 30.3 Å². The lowest BCUT2D eigenvalue weighted by Gasteiger charge is -2.09. The molecule has 5 heteroatoms. The predicted octanol–water partition coefficient (Wildman–Crippen LogP) is 4.23. The van der Waals surface area contributed by atoms with Gasteiger partial charge in [-0.15, -0.1) is 0 Å². The molecule has 0 amide bonds. The van der Waals surface area contributed by atoms with Crippen LogP contribution in [-0.2, 0) is 6.54 Å². The van der Waals surface area contributed by atoms with Crippen LogP contribution in [0.3, 0.4) is 0 Å². The topological polar surface area (TPSA) is 34.1 Å². The quantitative estimate of drug-likeness (QED) is 0.816. The van der Waals surface area contributed by atoms with E-state index in [1.54, 1.807) is 13.3 Å². The van der Waals surface area contributed by atoms with Gasteiger partial charge in [0, 0.05) is 12.7 Å². The summed E-state index contributed by atoms with van der Waals surface area (Å²) in [5, 5.41) is 3.32. The van der Waals surface area contributed by atoms with Crippen molar-refractivity contribution in [1.29, 1.82) is 0 Å². The van der Waals surface area contributed by atoms with Crippen molar-refractivity contribution >= 4 is 37.5 Å². The average Bonchev–Trinajstić information content (AvgIpc) is 2.38. The average molecular weight is 372 g/mol. The van der Waals surface area contributed by atoms with Crippen LogP contribution in [0.5, 0.6) is 5.75 Å². The summed E-state index contributed by atoms with van der Waals surface area (Å²) in [7, 11) is 1.66. The fourth-order valence-corrected chi connectivity index (χ4v) is 2.51. The Bertz CT molecular complexity index is 546. The molecular weight excluding hydrogens is 360 g/mol. The highest BCUT2D eigenvalue weighted by Crippen LogP contribution is 2.26. The van der Waals surface area contributed by atoms with Crippen LogP contribution < -0.4 is 10.1 Å². The molecule has 0 fully saturated rings. The number of ether oxygens (including phenoxy) is 1. The fourth-order valence-electron chi connectivity index (χ4n) is 1.54. The summed E-state index contributed by atoms with van der Waals surface area (Å²) in [6, 6.07) is 9.89. The summed E-state index contributed by atoms with van der Waals surface area (Å²) in [6.45, 7) is 0.729. The van der Waals surface area contributed by atoms with Crippen molar-refractivity contribution in [3.05, 3.63) is 51.2 Å². The summed E-state index contributed by atoms with van der Waals surface area (Å²) >= 11 is 6.88. The van der Waals surface area contributed by atoms with Crippen molar-refractivity contribution in [2.45, 2.75) is 6.54 Å². The Morgan fingerprint density at radius 1 is 1.28 bits per heavy atom. The number of aromatic nitrogens is 1. The van der Waals surface area contributed by atoms with Crippen LogP contribution in [0.2, 0.25) is 0 Å². The van der Waals surface area contributed by atoms with E-state index in [2.05, 4.69) is 42.2 Å². The van der Waals surface area contributed by atoms with E-state index in [4.69, 9.17) is 4.74 Å². The number of rotatable bonds is 4. The van der Waals surface area contributed by atoms with E-state index in [0.717, 1.165) is 27.1 Å². The Labute approximate surface area is 123 Å². The predicted molar refractivity (Wildman–Crippen MR) is 80.0 cm³/mol. The first-order valence-electron chi connectivity index (χ1n) is 5.37. The van der Waals surface area contributed by atoms with E-state index in [9.17, 15) is 0 Å². The Balaban J connectivity index is 2.07. The zero-order valence-corrected chi connectivity index (χ0v) is 13.0. The zero-order valence-electron chi connectivity index (χ0n) is 9.78. The van der Waals surface area contributed by atoms with Crippen molar-refractivity contribution < 1.29 is 4.74 Å². The molecule has 1 N–H and O–H groups in total. The van der Waals surface area contributed by atoms with Gasteiger partial charge in [0.1, 0.15) is 10.4 Å². The third-order valence-electron chi connectivity index (χ3n) is 2.46. The molecule has 0 aliphatic rings. The minimum absolute atomic E-state index is 0.729. The van der Waals surface area contributed by atoms with Crippen molar-refractivity contribution in [3.8, 4) is 5.75 Å². The number of nitrogens with zero attached hydrogens (tertiary/aromatic N) is 1. The first-order valence-corrected chi connectivity index (χ1v) is 6.96. The summed E-state index contributed by atoms with van der Waals surface area (Å²) in [5.74, 6) is 0.835. The maximum absolute atomic E-state index is 5.20. The highest BCUT2D eigenvalue weighted by molar-refractivity contribution is 9.10. The number of pyridine rings is 1. The van der Waals surface area contributed by atoms with E-state index < -0.39 is 0 Å². The third kappa shape index (κ3) is 3.23. The molecular formula is C13H12Br2N2O. The normalized spacial score (nSPS) is 10.2. The first kappa shape index (κ1) is 13.4. The molecule has 0 spiro atoms. The summed E-state index contributed by atoms with van der Waals surface area (Å²) in [6.07, 6.45) is 1.75. The Hall–Kier alpha value is -1.07. The number of anilines is 1. The minimum Gasteiger partial charge on any atom is -0.496 e. The lowest BCUT2D eigenvalue weighted by atomic mass is 10.2. The molecule has 94 valence electrons. The van der Waals surface area contributed by atoms with Crippen LogP contribution in [0, 0.1) is 0 Å². The Kier molecular flexibility index (Phi) is 4.60. The molecule has 0 unspecified atom stereocenters. The van der Waals surface area contributed by atoms with Crippen LogP contribution in [0.25, 0.3) is 0 Å². The van der Waals surface area contributed by atoms with Gasteiger partial charge in [0.2, 0.25) is 0 Å². The number of halogens is 2. The number of nitrogens with one attached hydrogen (secondary N) is 1. The monoisotopic (exact) mass is 370 g/mol. The van der Waals surface area contributed by atoms with Gasteiger partial charge in [0.05, 0.1) is 17.3 Å². The molecule has 18 heavy (non-hydrogen) atoms. The van der Waals surface area contributed by atoms with Gasteiger partial charge in [-0.2, -0.15) is 0 Å². The minimum atomic E-state index is 0.729. The molecule has 3 nitrogen and oxygen atoms in total. The molecule has 0 radical (unpaired) electrons. The summed E-state index contributed by atoms with van der Waals surface area (Å²) < 4.78 is 6.97. The Morgan fingerprint density at radius 3 is 2.78 bits per heavy atom. The second kappa shape index (κ2) is 6.20. The van der Waals surface area contributed by atoms with Crippen molar-refractivity contribution in [1.82, 2.24) is 4.98 Å². The number of benzene rings is 1. The maximum Gasteiger partial charge on any atom is 0.133 e. The molecule has 2 rings (SSSR count). The summed E-state index contributed by atoms with van der Waals surface area (Å²) in [5.41, 5.74) is 2.14. The van der Waals surface area contributed by atoms with Crippen LogP contribution in [-0.4, -0.2) is 12.1 Å². The van der Waals surface area contributed by atoms with Gasteiger partial charge >= 0.3 is 0 Å². The Morgan fingerprint density at radius 2 is 2.11 bits per heavy atom. The van der Waals surface area contributed by atoms with E-state index in [-0.39, 0.29) is 0 Å². The van der Waals surface area contributed by atoms with Crippen molar-refractivity contribution in [2.75, 3.05) is 12.4 Å². The molecule has 0 saturated carbocycles. The molecule has 0 bridgehead atoms. The van der Waals surface area contributed by atoms with Gasteiger partial charge in [-0.25, -0.2) is 4.98 Å². The highest BCUT2D eigenvalue weighted by Gasteiger charge is 2.03. The summed E-state index contributed by atoms with van der Waals surface area (Å²) in [4.78, 5) is 4.16. The van der Waals surface area contributed by atoms with E-state index in [1.165, 1.54) is 5.56 Å². The molecule has 1 heterocycles. The van der Waals surface area contributed by atoms with Crippen molar-refractivity contribution in [2.24, 2.45) is 0 Å². The van der Waals surface area contributed by atoms with Gasteiger partial charge in [-0.05, 0) is 61.7 Å². The second-order valence-corrected chi connectivity index (χ2v) is 5.27. The second-order valence-electron chi connectivity index (χ2n) is 3.66. The molecule has 0 atom stereocenters. The smallest absolute Gasteiger partial charge is 0.133 e. The lowest BCUT2D eigenvalue weighted by molar-refractivity contribution is 0.412. The molecule has 2 aromatic rings. The molecule has 0 saturated heterocycles. The lowest BCUT2D eigenvalue weighted by Crippen LogP contribution is -2.00. The standard InChI is InChI=1S/C13H12Br2N2O/c1-18-12-5-4-9(7-10(12)14)8-17-11-3-2-6-16-13(11)15/h2-7,17H,8H2,1H3. The number of methoxy groups -OCH3 is 1. The van der Waals surface area contributed by atoms with Crippen molar-refractivity contribution in [3.63, 3.8) is 0 Å². The molecule has 0 aliphatic heterocycles. The van der Waals surface area contributed by atoms with Crippen LogP contribution in [0.1, 0.15) is 5.56 Å². The van der Waals surface area contributed by atoms with E-state index in [0.29, 0.717) is 0 Å². The zero-order chi connectivity index (χ0) is 13.0. The first-order chi connectivity index (χ1) is 8.70. The van der Waals surface area contributed by atoms with Gasteiger partial charge in [0.25, 0.3) is 0 Å². The maximum atomic E-state index is 5.20. The van der Waals surface area contributed by atoms with Gasteiger partial charge in [0.15, 0.2) is 0 Å². The van der Waals surface area contributed by atoms with Gasteiger partial charge in [-0.3, -0.25) is 0 Å². The number of hydrogen-bond acceptors (Lipinski definition) is 3. The highest BCUT2D eigenvalue weighted by atomic mass is 79.9. The van der Waals surface area contributed by atoms with E-state index >= 15 is 0 Å². The van der Waals surface area contributed by atoms with Gasteiger partial charge < -0.3 is 10.1 Å². The van der Waals surface area contributed by atoms with Crippen LogP contribution in [0.15, 0.2) is 45.6 Å². The molecule has 1 aromatic heterocycles. The van der Waals surface area contributed by atoms with Crippen LogP contribution in [0.4, 0.5) is 5.69 Å². The largest absolute Gasteiger partial charge is 0.496 e. The molecule has 0 aliphatic carbocycles. The third-order valence-corrected chi connectivity index (χ3v) is 3.71. The number of hydrogen-bond donors (Lipinski definition) is 1. The molecule has 1 aromatic carbocycles.